The van der Waals surface area contributed by atoms with Gasteiger partial charge in [-0.05, 0) is 33.0 Å². The second kappa shape index (κ2) is 9.09. The van der Waals surface area contributed by atoms with Crippen molar-refractivity contribution in [1.82, 2.24) is 19.4 Å². The number of aryl methyl sites for hydroxylation is 2. The Morgan fingerprint density at radius 2 is 2.00 bits per heavy atom. The fourth-order valence-electron chi connectivity index (χ4n) is 4.35. The van der Waals surface area contributed by atoms with E-state index in [-0.39, 0.29) is 24.2 Å². The van der Waals surface area contributed by atoms with Crippen molar-refractivity contribution >= 4 is 16.9 Å². The molecule has 1 aromatic carbocycles. The average molecular weight is 463 g/mol. The number of fused-ring (bicyclic) bond motifs is 1. The van der Waals surface area contributed by atoms with E-state index in [2.05, 4.69) is 15.3 Å². The van der Waals surface area contributed by atoms with Crippen molar-refractivity contribution in [2.45, 2.75) is 38.4 Å². The minimum absolute atomic E-state index is 0.0569. The highest BCUT2D eigenvalue weighted by atomic mass is 19.3. The summed E-state index contributed by atoms with van der Waals surface area (Å²) in [4.78, 5) is 23.7. The lowest BCUT2D eigenvalue weighted by atomic mass is 9.88. The van der Waals surface area contributed by atoms with E-state index in [1.54, 1.807) is 20.0 Å². The number of benzene rings is 1. The number of pyridine rings is 1. The third-order valence-electron chi connectivity index (χ3n) is 6.14. The van der Waals surface area contributed by atoms with Gasteiger partial charge in [0, 0.05) is 37.2 Å². The van der Waals surface area contributed by atoms with Gasteiger partial charge in [-0.25, -0.2) is 27.5 Å². The Bertz CT molecular complexity index is 1250. The minimum Gasteiger partial charge on any atom is -0.365 e. The van der Waals surface area contributed by atoms with Crippen molar-refractivity contribution in [1.29, 1.82) is 0 Å². The Morgan fingerprint density at radius 1 is 1.24 bits per heavy atom. The van der Waals surface area contributed by atoms with Crippen LogP contribution in [0.25, 0.3) is 11.0 Å². The summed E-state index contributed by atoms with van der Waals surface area (Å²) in [5.41, 5.74) is -0.240. The highest BCUT2D eigenvalue weighted by Crippen LogP contribution is 2.31. The third kappa shape index (κ3) is 4.44. The van der Waals surface area contributed by atoms with E-state index in [4.69, 9.17) is 0 Å². The van der Waals surface area contributed by atoms with Crippen molar-refractivity contribution in [3.63, 3.8) is 0 Å². The predicted molar refractivity (Wildman–Crippen MR) is 118 cm³/mol. The highest BCUT2D eigenvalue weighted by molar-refractivity contribution is 5.87. The van der Waals surface area contributed by atoms with E-state index >= 15 is 0 Å². The molecule has 1 fully saturated rings. The molecule has 1 N–H and O–H groups in total. The molecule has 0 amide bonds. The van der Waals surface area contributed by atoms with E-state index in [0.29, 0.717) is 41.2 Å². The molecule has 1 saturated heterocycles. The van der Waals surface area contributed by atoms with Crippen molar-refractivity contribution < 1.29 is 17.6 Å². The largest absolute Gasteiger partial charge is 0.365 e. The lowest BCUT2D eigenvalue weighted by Gasteiger charge is -2.32. The first kappa shape index (κ1) is 23.2. The number of piperidine rings is 1. The summed E-state index contributed by atoms with van der Waals surface area (Å²) in [5, 5.41) is 3.47. The average Bonchev–Trinajstić information content (AvgIpc) is 2.76. The van der Waals surface area contributed by atoms with E-state index in [0.717, 1.165) is 6.07 Å². The fraction of sp³-hybridized carbons (Fsp3) is 0.435. The van der Waals surface area contributed by atoms with Crippen LogP contribution >= 0.6 is 0 Å². The van der Waals surface area contributed by atoms with Gasteiger partial charge in [-0.15, -0.1) is 0 Å². The van der Waals surface area contributed by atoms with Gasteiger partial charge in [0.25, 0.3) is 12.0 Å². The van der Waals surface area contributed by atoms with Gasteiger partial charge >= 0.3 is 0 Å². The molecule has 4 rings (SSSR count). The van der Waals surface area contributed by atoms with Crippen LogP contribution in [0.2, 0.25) is 0 Å². The number of nitrogens with one attached hydrogen (secondary N) is 1. The second-order valence-electron chi connectivity index (χ2n) is 8.47. The van der Waals surface area contributed by atoms with Crippen LogP contribution in [0.1, 0.15) is 41.3 Å². The maximum Gasteiger partial charge on any atom is 0.266 e. The zero-order chi connectivity index (χ0) is 23.9. The van der Waals surface area contributed by atoms with Crippen molar-refractivity contribution in [3.8, 4) is 0 Å². The van der Waals surface area contributed by atoms with Gasteiger partial charge in [-0.1, -0.05) is 18.2 Å². The van der Waals surface area contributed by atoms with E-state index < -0.39 is 29.9 Å². The Hall–Kier alpha value is -3.01. The first-order valence-corrected chi connectivity index (χ1v) is 10.7. The standard InChI is InChI=1S/C23H25F4N5O/c1-12-29-21(28-10-13-5-4-6-15(19(13)25)20(26)27)17-9-16(23(33)32(3)22(17)30-12)14-7-8-31(2)11-18(14)24/h4-6,9,14,18,20H,7-8,10-11H2,1-3H3,(H,28,29,30). The number of aromatic nitrogens is 3. The molecule has 2 aromatic heterocycles. The number of nitrogens with zero attached hydrogens (tertiary/aromatic N) is 4. The number of alkyl halides is 3. The molecule has 3 heterocycles. The van der Waals surface area contributed by atoms with E-state index in [1.165, 1.54) is 16.7 Å². The summed E-state index contributed by atoms with van der Waals surface area (Å²) in [7, 11) is 3.40. The fourth-order valence-corrected chi connectivity index (χ4v) is 4.35. The molecule has 10 heteroatoms. The molecular formula is C23H25F4N5O. The Labute approximate surface area is 188 Å². The van der Waals surface area contributed by atoms with Crippen molar-refractivity contribution in [2.75, 3.05) is 25.5 Å². The monoisotopic (exact) mass is 463 g/mol. The molecule has 0 spiro atoms. The molecule has 0 aliphatic carbocycles. The molecular weight excluding hydrogens is 438 g/mol. The molecule has 0 saturated carbocycles. The Morgan fingerprint density at radius 3 is 2.70 bits per heavy atom. The molecule has 6 nitrogen and oxygen atoms in total. The van der Waals surface area contributed by atoms with Gasteiger partial charge in [0.2, 0.25) is 0 Å². The lowest BCUT2D eigenvalue weighted by Crippen LogP contribution is -2.40. The van der Waals surface area contributed by atoms with Crippen LogP contribution in [0, 0.1) is 12.7 Å². The van der Waals surface area contributed by atoms with Crippen LogP contribution in [0.3, 0.4) is 0 Å². The van der Waals surface area contributed by atoms with Gasteiger partial charge in [0.1, 0.15) is 29.3 Å². The number of hydrogen-bond donors (Lipinski definition) is 1. The zero-order valence-electron chi connectivity index (χ0n) is 18.6. The molecule has 3 aromatic rings. The summed E-state index contributed by atoms with van der Waals surface area (Å²) < 4.78 is 56.8. The number of halogens is 4. The Kier molecular flexibility index (Phi) is 6.38. The molecule has 176 valence electrons. The smallest absolute Gasteiger partial charge is 0.266 e. The Balaban J connectivity index is 1.75. The molecule has 0 radical (unpaired) electrons. The molecule has 0 bridgehead atoms. The van der Waals surface area contributed by atoms with Crippen LogP contribution in [0.15, 0.2) is 29.1 Å². The predicted octanol–water partition coefficient (Wildman–Crippen LogP) is 4.08. The third-order valence-corrected chi connectivity index (χ3v) is 6.14. The molecule has 33 heavy (non-hydrogen) atoms. The van der Waals surface area contributed by atoms with Crippen LogP contribution in [-0.2, 0) is 13.6 Å². The van der Waals surface area contributed by atoms with Gasteiger partial charge < -0.3 is 10.2 Å². The molecule has 2 unspecified atom stereocenters. The van der Waals surface area contributed by atoms with Crippen LogP contribution < -0.4 is 10.9 Å². The molecule has 1 aliphatic heterocycles. The van der Waals surface area contributed by atoms with Crippen LogP contribution in [0.4, 0.5) is 23.4 Å². The van der Waals surface area contributed by atoms with Gasteiger partial charge in [-0.3, -0.25) is 9.36 Å². The first-order chi connectivity index (χ1) is 15.7. The van der Waals surface area contributed by atoms with Crippen LogP contribution in [0.5, 0.6) is 0 Å². The lowest BCUT2D eigenvalue weighted by molar-refractivity contribution is 0.138. The summed E-state index contributed by atoms with van der Waals surface area (Å²) in [6, 6.07) is 5.44. The van der Waals surface area contributed by atoms with E-state index in [1.807, 2.05) is 11.9 Å². The topological polar surface area (TPSA) is 63.1 Å². The highest BCUT2D eigenvalue weighted by Gasteiger charge is 2.31. The van der Waals surface area contributed by atoms with Crippen molar-refractivity contribution in [2.24, 2.45) is 7.05 Å². The normalized spacial score (nSPS) is 19.4. The van der Waals surface area contributed by atoms with Gasteiger partial charge in [0.15, 0.2) is 0 Å². The summed E-state index contributed by atoms with van der Waals surface area (Å²) in [6.45, 7) is 2.45. The first-order valence-electron chi connectivity index (χ1n) is 10.7. The number of hydrogen-bond acceptors (Lipinski definition) is 5. The number of anilines is 1. The maximum atomic E-state index is 14.8. The second-order valence-corrected chi connectivity index (χ2v) is 8.47. The number of rotatable bonds is 5. The summed E-state index contributed by atoms with van der Waals surface area (Å²) in [6.07, 6.45) is -3.62. The quantitative estimate of drug-likeness (QED) is 0.578. The number of likely N-dealkylation sites (tertiary alicyclic amines) is 1. The summed E-state index contributed by atoms with van der Waals surface area (Å²) in [5.74, 6) is -0.842. The van der Waals surface area contributed by atoms with Gasteiger partial charge in [-0.2, -0.15) is 0 Å². The van der Waals surface area contributed by atoms with Crippen molar-refractivity contribution in [3.05, 3.63) is 63.0 Å². The zero-order valence-corrected chi connectivity index (χ0v) is 18.6. The SMILES string of the molecule is Cc1nc(NCc2cccc(C(F)F)c2F)c2cc(C3CCN(C)CC3F)c(=O)n(C)c2n1. The van der Waals surface area contributed by atoms with Crippen LogP contribution in [-0.4, -0.2) is 45.7 Å². The minimum atomic E-state index is -2.92. The van der Waals surface area contributed by atoms with E-state index in [9.17, 15) is 22.4 Å². The molecule has 2 atom stereocenters. The summed E-state index contributed by atoms with van der Waals surface area (Å²) >= 11 is 0. The maximum absolute atomic E-state index is 14.8. The molecule has 1 aliphatic rings. The van der Waals surface area contributed by atoms with Gasteiger partial charge in [0.05, 0.1) is 10.9 Å².